The monoisotopic (exact) mass is 643 g/mol. The number of unbranched alkanes of at least 4 members (excludes halogenated alkanes) is 1. The maximum Gasteiger partial charge on any atom is 0.221 e. The number of hydrogen-bond acceptors (Lipinski definition) is 4. The summed E-state index contributed by atoms with van der Waals surface area (Å²) in [4.78, 5) is 19.6. The highest BCUT2D eigenvalue weighted by Gasteiger charge is 2.15. The second-order valence-corrected chi connectivity index (χ2v) is 11.6. The van der Waals surface area contributed by atoms with Crippen molar-refractivity contribution in [1.29, 1.82) is 0 Å². The summed E-state index contributed by atoms with van der Waals surface area (Å²) in [5, 5.41) is 15.4. The fourth-order valence-corrected chi connectivity index (χ4v) is 2.89. The number of rotatable bonds is 8. The maximum atomic E-state index is 10.8. The van der Waals surface area contributed by atoms with Crippen LogP contribution in [0.3, 0.4) is 0 Å². The quantitative estimate of drug-likeness (QED) is 0.152. The van der Waals surface area contributed by atoms with Crippen molar-refractivity contribution in [2.24, 2.45) is 5.92 Å². The van der Waals surface area contributed by atoms with Gasteiger partial charge < -0.3 is 20.5 Å². The van der Waals surface area contributed by atoms with E-state index in [1.54, 1.807) is 18.3 Å². The summed E-state index contributed by atoms with van der Waals surface area (Å²) in [6.07, 6.45) is 9.41. The highest BCUT2D eigenvalue weighted by atomic mass is 16.3. The van der Waals surface area contributed by atoms with Crippen LogP contribution >= 0.6 is 0 Å². The van der Waals surface area contributed by atoms with Gasteiger partial charge in [-0.15, -0.1) is 5.73 Å². The fraction of sp³-hybridized carbons (Fsp3) is 0.585. The molecule has 2 rings (SSSR count). The first-order chi connectivity index (χ1) is 21.6. The lowest BCUT2D eigenvalue weighted by Crippen LogP contribution is -2.37. The average molecular weight is 643 g/mol. The molecule has 3 N–H and O–H groups in total. The molecule has 5 heteroatoms. The van der Waals surface area contributed by atoms with Crippen molar-refractivity contribution < 1.29 is 14.7 Å². The largest absolute Gasteiger partial charge is 0.506 e. The number of aldehydes is 1. The number of hydrogen-bond donors (Lipinski definition) is 3. The van der Waals surface area contributed by atoms with E-state index in [4.69, 9.17) is 4.79 Å². The summed E-state index contributed by atoms with van der Waals surface area (Å²) in [7, 11) is 0. The Labute approximate surface area is 286 Å². The molecule has 1 amide bonds. The molecule has 2 aromatic carbocycles. The molecule has 5 nitrogen and oxygen atoms in total. The number of phenols is 1. The number of carbonyl (C=O) groups is 2. The first-order valence-corrected chi connectivity index (χ1v) is 17.2. The zero-order valence-corrected chi connectivity index (χ0v) is 32.9. The minimum atomic E-state index is -0.177. The molecule has 0 saturated carbocycles. The van der Waals surface area contributed by atoms with Gasteiger partial charge in [0.1, 0.15) is 12.0 Å². The van der Waals surface area contributed by atoms with Crippen LogP contribution in [0.5, 0.6) is 5.75 Å². The Hall–Kier alpha value is -3.30. The number of carbonyl (C=O) groups excluding carboxylic acids is 2. The smallest absolute Gasteiger partial charge is 0.221 e. The molecule has 0 saturated heterocycles. The normalized spacial score (nSPS) is 8.98. The number of amides is 1. The van der Waals surface area contributed by atoms with Gasteiger partial charge in [-0.3, -0.25) is 4.79 Å². The molecule has 0 fully saturated rings. The van der Waals surface area contributed by atoms with E-state index in [0.717, 1.165) is 43.5 Å². The van der Waals surface area contributed by atoms with Crippen molar-refractivity contribution >= 4 is 17.9 Å². The molecule has 0 aliphatic carbocycles. The van der Waals surface area contributed by atoms with Crippen molar-refractivity contribution in [3.05, 3.63) is 77.2 Å². The van der Waals surface area contributed by atoms with Gasteiger partial charge >= 0.3 is 0 Å². The summed E-state index contributed by atoms with van der Waals surface area (Å²) >= 11 is 0. The van der Waals surface area contributed by atoms with Crippen LogP contribution in [0.1, 0.15) is 144 Å². The van der Waals surface area contributed by atoms with Gasteiger partial charge in [0, 0.05) is 18.7 Å². The number of nitrogens with one attached hydrogen (secondary N) is 2. The fourth-order valence-electron chi connectivity index (χ4n) is 2.89. The summed E-state index contributed by atoms with van der Waals surface area (Å²) in [5.41, 5.74) is 8.59. The van der Waals surface area contributed by atoms with Crippen LogP contribution in [0, 0.1) is 26.7 Å². The van der Waals surface area contributed by atoms with E-state index in [-0.39, 0.29) is 17.2 Å². The molecular weight excluding hydrogens is 568 g/mol. The van der Waals surface area contributed by atoms with Crippen LogP contribution in [-0.2, 0) is 16.0 Å². The lowest BCUT2D eigenvalue weighted by molar-refractivity contribution is -0.114. The second kappa shape index (κ2) is 36.2. The third-order valence-corrected chi connectivity index (χ3v) is 6.16. The van der Waals surface area contributed by atoms with E-state index in [0.29, 0.717) is 5.69 Å². The summed E-state index contributed by atoms with van der Waals surface area (Å²) in [5.74, 6) is 0.787. The van der Waals surface area contributed by atoms with Crippen LogP contribution in [0.25, 0.3) is 0 Å². The predicted octanol–water partition coefficient (Wildman–Crippen LogP) is 12.1. The number of aryl methyl sites for hydroxylation is 4. The maximum absolute atomic E-state index is 10.8. The van der Waals surface area contributed by atoms with Crippen molar-refractivity contribution in [2.75, 3.05) is 5.32 Å². The topological polar surface area (TPSA) is 78.4 Å². The minimum Gasteiger partial charge on any atom is -0.506 e. The van der Waals surface area contributed by atoms with Gasteiger partial charge in [-0.05, 0) is 88.6 Å². The van der Waals surface area contributed by atoms with Crippen LogP contribution < -0.4 is 10.6 Å². The lowest BCUT2D eigenvalue weighted by Gasteiger charge is -2.26. The molecule has 2 aromatic rings. The molecule has 0 aliphatic heterocycles. The van der Waals surface area contributed by atoms with E-state index in [1.165, 1.54) is 43.4 Å². The van der Waals surface area contributed by atoms with E-state index in [9.17, 15) is 9.90 Å². The molecule has 0 heterocycles. The summed E-state index contributed by atoms with van der Waals surface area (Å²) in [6, 6.07) is 11.8. The lowest BCUT2D eigenvalue weighted by atomic mass is 9.96. The zero-order valence-electron chi connectivity index (χ0n) is 32.9. The first kappa shape index (κ1) is 52.2. The third kappa shape index (κ3) is 36.9. The number of anilines is 1. The Bertz CT molecular complexity index is 1030. The van der Waals surface area contributed by atoms with Crippen molar-refractivity contribution in [3.8, 4) is 5.75 Å². The van der Waals surface area contributed by atoms with E-state index >= 15 is 0 Å². The third-order valence-electron chi connectivity index (χ3n) is 6.16. The summed E-state index contributed by atoms with van der Waals surface area (Å²) in [6.45, 7) is 36.2. The van der Waals surface area contributed by atoms with Gasteiger partial charge in [-0.2, -0.15) is 0 Å². The SMILES string of the molecule is C=C=CNC(C)(CC)CC.CC.CC(C)C.CC=O.CCCC.CCCc1ccc(NC(C)=O)c(O)c1.Cc1ccc(C)c(C)c1. The molecule has 0 atom stereocenters. The van der Waals surface area contributed by atoms with E-state index < -0.39 is 0 Å². The molecular formula is C41H74N2O3. The van der Waals surface area contributed by atoms with Gasteiger partial charge in [-0.25, -0.2) is 0 Å². The molecule has 0 aliphatic rings. The molecule has 0 unspecified atom stereocenters. The Morgan fingerprint density at radius 1 is 0.913 bits per heavy atom. The van der Waals surface area contributed by atoms with Crippen molar-refractivity contribution in [2.45, 2.75) is 155 Å². The molecule has 0 spiro atoms. The Morgan fingerprint density at radius 2 is 1.39 bits per heavy atom. The van der Waals surface area contributed by atoms with E-state index in [1.807, 2.05) is 19.9 Å². The molecule has 0 bridgehead atoms. The van der Waals surface area contributed by atoms with Gasteiger partial charge in [0.2, 0.25) is 5.91 Å². The Kier molecular flexibility index (Phi) is 41.1. The number of benzene rings is 2. The zero-order chi connectivity index (χ0) is 37.1. The minimum absolute atomic E-state index is 0.131. The van der Waals surface area contributed by atoms with Gasteiger partial charge in [0.25, 0.3) is 0 Å². The first-order valence-electron chi connectivity index (χ1n) is 17.2. The number of aromatic hydroxyl groups is 1. The van der Waals surface area contributed by atoms with Crippen LogP contribution in [0.15, 0.2) is 54.9 Å². The Balaban J connectivity index is -0.000000156. The van der Waals surface area contributed by atoms with Crippen LogP contribution in [0.2, 0.25) is 0 Å². The van der Waals surface area contributed by atoms with E-state index in [2.05, 4.69) is 124 Å². The standard InChI is InChI=1S/C11H15NO2.C9H17N.C9H12.2C4H10.C2H4O.C2H6/c1-3-4-9-5-6-10(11(14)7-9)12-8(2)13;1-5-8-10-9(4,6-2)7-3;1-7-4-5-8(2)9(3)6-7;1-4(2)3;1-3-4-2;1-2-3;1-2/h5-7,14H,3-4H2,1-2H3,(H,12,13);8,10H,1,6-7H2,2-4H3;4-6H,1-3H3;4H,1-3H3;3-4H2,1-2H3;2H,1H3;1-2H3. The van der Waals surface area contributed by atoms with Crippen LogP contribution in [0.4, 0.5) is 5.69 Å². The highest BCUT2D eigenvalue weighted by molar-refractivity contribution is 5.90. The molecule has 46 heavy (non-hydrogen) atoms. The second-order valence-electron chi connectivity index (χ2n) is 11.6. The van der Waals surface area contributed by atoms with Crippen molar-refractivity contribution in [1.82, 2.24) is 5.32 Å². The Morgan fingerprint density at radius 3 is 1.70 bits per heavy atom. The van der Waals surface area contributed by atoms with Crippen LogP contribution in [-0.4, -0.2) is 22.8 Å². The van der Waals surface area contributed by atoms with Crippen molar-refractivity contribution in [3.63, 3.8) is 0 Å². The molecule has 266 valence electrons. The van der Waals surface area contributed by atoms with Gasteiger partial charge in [0.15, 0.2) is 0 Å². The molecule has 0 aromatic heterocycles. The summed E-state index contributed by atoms with van der Waals surface area (Å²) < 4.78 is 0. The predicted molar refractivity (Wildman–Crippen MR) is 207 cm³/mol. The highest BCUT2D eigenvalue weighted by Crippen LogP contribution is 2.24. The molecule has 0 radical (unpaired) electrons. The van der Waals surface area contributed by atoms with Gasteiger partial charge in [-0.1, -0.05) is 125 Å². The van der Waals surface area contributed by atoms with Gasteiger partial charge in [0.05, 0.1) is 5.69 Å². The average Bonchev–Trinajstić information content (AvgIpc) is 3.01. The number of phenolic OH excluding ortho intramolecular Hbond substituents is 1.